The van der Waals surface area contributed by atoms with Crippen LogP contribution in [0.15, 0.2) is 15.9 Å². The SMILES string of the molecule is COC(=O)NC1CCN(C(=O)c2sccc2Br)C1. The van der Waals surface area contributed by atoms with Gasteiger partial charge in [-0.2, -0.15) is 0 Å². The number of alkyl carbamates (subject to hydrolysis) is 1. The molecule has 1 aliphatic heterocycles. The van der Waals surface area contributed by atoms with E-state index < -0.39 is 6.09 Å². The Bertz CT molecular complexity index is 463. The summed E-state index contributed by atoms with van der Waals surface area (Å²) < 4.78 is 5.36. The van der Waals surface area contributed by atoms with Gasteiger partial charge in [0, 0.05) is 17.6 Å². The molecule has 0 spiro atoms. The number of ether oxygens (including phenoxy) is 1. The highest BCUT2D eigenvalue weighted by Gasteiger charge is 2.29. The highest BCUT2D eigenvalue weighted by Crippen LogP contribution is 2.25. The molecule has 1 aliphatic rings. The van der Waals surface area contributed by atoms with E-state index >= 15 is 0 Å². The van der Waals surface area contributed by atoms with Crippen LogP contribution in [0.25, 0.3) is 0 Å². The highest BCUT2D eigenvalue weighted by atomic mass is 79.9. The molecule has 0 saturated carbocycles. The monoisotopic (exact) mass is 332 g/mol. The van der Waals surface area contributed by atoms with Crippen LogP contribution >= 0.6 is 27.3 Å². The van der Waals surface area contributed by atoms with Crippen LogP contribution < -0.4 is 5.32 Å². The molecule has 1 aromatic heterocycles. The molecule has 2 heterocycles. The lowest BCUT2D eigenvalue weighted by Crippen LogP contribution is -2.38. The molecule has 0 radical (unpaired) electrons. The summed E-state index contributed by atoms with van der Waals surface area (Å²) in [5.74, 6) is 0.00559. The number of nitrogens with one attached hydrogen (secondary N) is 1. The van der Waals surface area contributed by atoms with Gasteiger partial charge in [-0.3, -0.25) is 4.79 Å². The van der Waals surface area contributed by atoms with Crippen molar-refractivity contribution in [3.8, 4) is 0 Å². The van der Waals surface area contributed by atoms with Crippen LogP contribution in [0, 0.1) is 0 Å². The van der Waals surface area contributed by atoms with E-state index in [1.807, 2.05) is 11.4 Å². The smallest absolute Gasteiger partial charge is 0.407 e. The third kappa shape index (κ3) is 2.84. The number of thiophene rings is 1. The summed E-state index contributed by atoms with van der Waals surface area (Å²) >= 11 is 4.77. The van der Waals surface area contributed by atoms with Gasteiger partial charge in [-0.15, -0.1) is 11.3 Å². The van der Waals surface area contributed by atoms with Gasteiger partial charge < -0.3 is 15.0 Å². The van der Waals surface area contributed by atoms with E-state index in [1.54, 1.807) is 4.90 Å². The van der Waals surface area contributed by atoms with Gasteiger partial charge in [-0.05, 0) is 33.8 Å². The molecule has 2 amide bonds. The van der Waals surface area contributed by atoms with E-state index in [0.717, 1.165) is 10.9 Å². The lowest BCUT2D eigenvalue weighted by Gasteiger charge is -2.16. The number of hydrogen-bond acceptors (Lipinski definition) is 4. The molecular formula is C11H13BrN2O3S. The fraction of sp³-hybridized carbons (Fsp3) is 0.455. The van der Waals surface area contributed by atoms with Crippen molar-refractivity contribution in [3.05, 3.63) is 20.8 Å². The number of methoxy groups -OCH3 is 1. The maximum Gasteiger partial charge on any atom is 0.407 e. The standard InChI is InChI=1S/C11H13BrN2O3S/c1-17-11(16)13-7-2-4-14(6-7)10(15)9-8(12)3-5-18-9/h3,5,7H,2,4,6H2,1H3,(H,13,16). The fourth-order valence-electron chi connectivity index (χ4n) is 1.88. The van der Waals surface area contributed by atoms with E-state index in [0.29, 0.717) is 18.0 Å². The molecule has 5 nitrogen and oxygen atoms in total. The predicted octanol–water partition coefficient (Wildman–Crippen LogP) is 2.08. The van der Waals surface area contributed by atoms with Crippen molar-refractivity contribution in [1.29, 1.82) is 0 Å². The van der Waals surface area contributed by atoms with Gasteiger partial charge in [0.05, 0.1) is 13.2 Å². The maximum atomic E-state index is 12.2. The van der Waals surface area contributed by atoms with Crippen LogP contribution in [-0.2, 0) is 4.74 Å². The Labute approximate surface area is 117 Å². The predicted molar refractivity (Wildman–Crippen MR) is 71.9 cm³/mol. The van der Waals surface area contributed by atoms with Crippen LogP contribution in [0.5, 0.6) is 0 Å². The van der Waals surface area contributed by atoms with Crippen molar-refractivity contribution < 1.29 is 14.3 Å². The van der Waals surface area contributed by atoms with Crippen LogP contribution in [-0.4, -0.2) is 43.1 Å². The highest BCUT2D eigenvalue weighted by molar-refractivity contribution is 9.10. The molecule has 1 saturated heterocycles. The van der Waals surface area contributed by atoms with Gasteiger partial charge >= 0.3 is 6.09 Å². The zero-order valence-electron chi connectivity index (χ0n) is 9.81. The Hall–Kier alpha value is -1.08. The molecule has 1 fully saturated rings. The Morgan fingerprint density at radius 1 is 1.61 bits per heavy atom. The summed E-state index contributed by atoms with van der Waals surface area (Å²) in [7, 11) is 1.33. The fourth-order valence-corrected chi connectivity index (χ4v) is 3.39. The first kappa shape index (κ1) is 13.4. The Kier molecular flexibility index (Phi) is 4.23. The number of hydrogen-bond donors (Lipinski definition) is 1. The zero-order valence-corrected chi connectivity index (χ0v) is 12.2. The summed E-state index contributed by atoms with van der Waals surface area (Å²) in [4.78, 5) is 25.7. The van der Waals surface area contributed by atoms with Crippen LogP contribution in [0.3, 0.4) is 0 Å². The molecular weight excluding hydrogens is 320 g/mol. The van der Waals surface area contributed by atoms with Gasteiger partial charge in [-0.1, -0.05) is 0 Å². The van der Waals surface area contributed by atoms with Crippen LogP contribution in [0.2, 0.25) is 0 Å². The lowest BCUT2D eigenvalue weighted by atomic mass is 10.3. The molecule has 0 aromatic carbocycles. The topological polar surface area (TPSA) is 58.6 Å². The van der Waals surface area contributed by atoms with E-state index in [9.17, 15) is 9.59 Å². The minimum atomic E-state index is -0.452. The Morgan fingerprint density at radius 2 is 2.39 bits per heavy atom. The first-order valence-electron chi connectivity index (χ1n) is 5.48. The average Bonchev–Trinajstić information content (AvgIpc) is 2.97. The number of nitrogens with zero attached hydrogens (tertiary/aromatic N) is 1. The van der Waals surface area contributed by atoms with Crippen LogP contribution in [0.4, 0.5) is 4.79 Å². The van der Waals surface area contributed by atoms with E-state index in [4.69, 9.17) is 0 Å². The van der Waals surface area contributed by atoms with Gasteiger partial charge in [0.15, 0.2) is 0 Å². The minimum Gasteiger partial charge on any atom is -0.453 e. The quantitative estimate of drug-likeness (QED) is 0.902. The summed E-state index contributed by atoms with van der Waals surface area (Å²) in [5, 5.41) is 4.58. The second-order valence-electron chi connectivity index (χ2n) is 3.97. The number of halogens is 1. The molecule has 7 heteroatoms. The number of rotatable bonds is 2. The zero-order chi connectivity index (χ0) is 13.1. The summed E-state index contributed by atoms with van der Waals surface area (Å²) in [5.41, 5.74) is 0. The van der Waals surface area contributed by atoms with Crippen molar-refractivity contribution in [2.24, 2.45) is 0 Å². The molecule has 1 N–H and O–H groups in total. The summed E-state index contributed by atoms with van der Waals surface area (Å²) in [6.07, 6.45) is 0.302. The minimum absolute atomic E-state index is 0.00559. The first-order valence-corrected chi connectivity index (χ1v) is 7.16. The molecule has 98 valence electrons. The number of amides is 2. The van der Waals surface area contributed by atoms with E-state index in [-0.39, 0.29) is 11.9 Å². The molecule has 1 atom stereocenters. The normalized spacial score (nSPS) is 18.8. The second kappa shape index (κ2) is 5.71. The average molecular weight is 333 g/mol. The lowest BCUT2D eigenvalue weighted by molar-refractivity contribution is 0.0792. The number of carbonyl (C=O) groups is 2. The van der Waals surface area contributed by atoms with Gasteiger partial charge in [0.25, 0.3) is 5.91 Å². The summed E-state index contributed by atoms with van der Waals surface area (Å²) in [6.45, 7) is 1.18. The summed E-state index contributed by atoms with van der Waals surface area (Å²) in [6, 6.07) is 1.83. The van der Waals surface area contributed by atoms with Crippen molar-refractivity contribution in [2.75, 3.05) is 20.2 Å². The molecule has 1 aromatic rings. The Morgan fingerprint density at radius 3 is 3.00 bits per heavy atom. The number of carbonyl (C=O) groups excluding carboxylic acids is 2. The van der Waals surface area contributed by atoms with Crippen molar-refractivity contribution >= 4 is 39.3 Å². The van der Waals surface area contributed by atoms with E-state index in [1.165, 1.54) is 18.4 Å². The number of likely N-dealkylation sites (tertiary alicyclic amines) is 1. The molecule has 1 unspecified atom stereocenters. The largest absolute Gasteiger partial charge is 0.453 e. The van der Waals surface area contributed by atoms with Crippen molar-refractivity contribution in [3.63, 3.8) is 0 Å². The van der Waals surface area contributed by atoms with Gasteiger partial charge in [-0.25, -0.2) is 4.79 Å². The van der Waals surface area contributed by atoms with Gasteiger partial charge in [0.2, 0.25) is 0 Å². The first-order chi connectivity index (χ1) is 8.61. The third-order valence-corrected chi connectivity index (χ3v) is 4.62. The maximum absolute atomic E-state index is 12.2. The van der Waals surface area contributed by atoms with Crippen molar-refractivity contribution in [1.82, 2.24) is 10.2 Å². The Balaban J connectivity index is 1.95. The third-order valence-electron chi connectivity index (χ3n) is 2.79. The molecule has 0 aliphatic carbocycles. The molecule has 18 heavy (non-hydrogen) atoms. The van der Waals surface area contributed by atoms with Crippen molar-refractivity contribution in [2.45, 2.75) is 12.5 Å². The van der Waals surface area contributed by atoms with E-state index in [2.05, 4.69) is 26.0 Å². The van der Waals surface area contributed by atoms with Gasteiger partial charge in [0.1, 0.15) is 4.88 Å². The molecule has 2 rings (SSSR count). The van der Waals surface area contributed by atoms with Crippen LogP contribution in [0.1, 0.15) is 16.1 Å². The molecule has 0 bridgehead atoms. The second-order valence-corrected chi connectivity index (χ2v) is 5.74.